The van der Waals surface area contributed by atoms with Crippen molar-refractivity contribution in [3.8, 4) is 0 Å². The fraction of sp³-hybridized carbons (Fsp3) is 0. The number of hydrazine groups is 1. The van der Waals surface area contributed by atoms with Crippen LogP contribution in [0.5, 0.6) is 0 Å². The van der Waals surface area contributed by atoms with Crippen LogP contribution in [0.3, 0.4) is 0 Å². The third-order valence-electron chi connectivity index (χ3n) is 1.24. The molecular formula is C7H10ClN5O3. The minimum Gasteiger partial charge on any atom is -0.369 e. The number of hydrogen-bond acceptors (Lipinski definition) is 4. The smallest absolute Gasteiger partial charge is 0.291 e. The second-order valence-corrected chi connectivity index (χ2v) is 2.74. The van der Waals surface area contributed by atoms with E-state index < -0.39 is 5.09 Å². The fourth-order valence-electron chi connectivity index (χ4n) is 0.704. The third-order valence-corrected chi connectivity index (χ3v) is 1.56. The Bertz CT molecular complexity index is 380. The predicted molar refractivity (Wildman–Crippen MR) is 58.8 cm³/mol. The monoisotopic (exact) mass is 247 g/mol. The predicted octanol–water partition coefficient (Wildman–Crippen LogP) is 0.402. The van der Waals surface area contributed by atoms with Crippen molar-refractivity contribution in [1.82, 2.24) is 5.43 Å². The van der Waals surface area contributed by atoms with Crippen LogP contribution in [0.1, 0.15) is 0 Å². The number of rotatable bonds is 1. The van der Waals surface area contributed by atoms with E-state index in [-0.39, 0.29) is 5.96 Å². The van der Waals surface area contributed by atoms with Gasteiger partial charge in [0.25, 0.3) is 5.09 Å². The van der Waals surface area contributed by atoms with E-state index in [9.17, 15) is 0 Å². The van der Waals surface area contributed by atoms with Crippen molar-refractivity contribution in [2.45, 2.75) is 0 Å². The maximum absolute atomic E-state index is 8.36. The van der Waals surface area contributed by atoms with E-state index in [0.717, 1.165) is 0 Å². The van der Waals surface area contributed by atoms with E-state index in [1.807, 2.05) is 12.1 Å². The van der Waals surface area contributed by atoms with Crippen LogP contribution in [0.4, 0.5) is 5.69 Å². The molecular weight excluding hydrogens is 238 g/mol. The van der Waals surface area contributed by atoms with Gasteiger partial charge >= 0.3 is 0 Å². The molecule has 0 fully saturated rings. The molecule has 8 nitrogen and oxygen atoms in total. The topological polar surface area (TPSA) is 140 Å². The summed E-state index contributed by atoms with van der Waals surface area (Å²) in [5.74, 6) is 5.15. The van der Waals surface area contributed by atoms with Gasteiger partial charge in [-0.1, -0.05) is 23.7 Å². The first kappa shape index (κ1) is 13.9. The second kappa shape index (κ2) is 7.26. The molecule has 1 aromatic carbocycles. The van der Waals surface area contributed by atoms with Gasteiger partial charge in [-0.05, 0) is 12.1 Å². The first-order valence-electron chi connectivity index (χ1n) is 3.86. The standard InChI is InChI=1S/C7H9ClN4.HNO3/c8-5-3-1-2-4-6(5)11-7(9)12-10;2-1(3)4/h1-4H,10H2,(H3,9,11,12);(H,2,3,4). The molecule has 9 heteroatoms. The van der Waals surface area contributed by atoms with E-state index in [1.165, 1.54) is 0 Å². The van der Waals surface area contributed by atoms with Crippen molar-refractivity contribution in [2.24, 2.45) is 16.6 Å². The number of para-hydroxylation sites is 1. The summed E-state index contributed by atoms with van der Waals surface area (Å²) in [6.07, 6.45) is 0. The zero-order valence-electron chi connectivity index (χ0n) is 8.00. The molecule has 0 unspecified atom stereocenters. The Kier molecular flexibility index (Phi) is 6.33. The van der Waals surface area contributed by atoms with Gasteiger partial charge in [0.05, 0.1) is 10.7 Å². The molecule has 0 heterocycles. The number of aliphatic imine (C=N–C) groups is 1. The number of nitrogens with one attached hydrogen (secondary N) is 1. The van der Waals surface area contributed by atoms with Crippen molar-refractivity contribution in [2.75, 3.05) is 0 Å². The summed E-state index contributed by atoms with van der Waals surface area (Å²) >= 11 is 5.79. The fourth-order valence-corrected chi connectivity index (χ4v) is 0.882. The van der Waals surface area contributed by atoms with Gasteiger partial charge in [0, 0.05) is 0 Å². The number of guanidine groups is 1. The van der Waals surface area contributed by atoms with Crippen molar-refractivity contribution in [1.29, 1.82) is 0 Å². The van der Waals surface area contributed by atoms with Gasteiger partial charge in [0.1, 0.15) is 0 Å². The zero-order valence-corrected chi connectivity index (χ0v) is 8.76. The molecule has 0 amide bonds. The molecule has 0 aliphatic heterocycles. The molecule has 1 rings (SSSR count). The summed E-state index contributed by atoms with van der Waals surface area (Å²) in [7, 11) is 0. The molecule has 0 bridgehead atoms. The Morgan fingerprint density at radius 3 is 2.50 bits per heavy atom. The maximum Gasteiger partial charge on any atom is 0.291 e. The Morgan fingerprint density at radius 1 is 1.56 bits per heavy atom. The summed E-state index contributed by atoms with van der Waals surface area (Å²) in [6, 6.07) is 7.10. The van der Waals surface area contributed by atoms with Crippen LogP contribution in [0, 0.1) is 10.1 Å². The highest BCUT2D eigenvalue weighted by Gasteiger charge is 1.95. The Morgan fingerprint density at radius 2 is 2.06 bits per heavy atom. The van der Waals surface area contributed by atoms with E-state index in [4.69, 9.17) is 38.5 Å². The average Bonchev–Trinajstić information content (AvgIpc) is 2.20. The summed E-state index contributed by atoms with van der Waals surface area (Å²) < 4.78 is 0. The Hall–Kier alpha value is -2.06. The number of nitrogens with zero attached hydrogens (tertiary/aromatic N) is 2. The van der Waals surface area contributed by atoms with Crippen LogP contribution in [0.2, 0.25) is 5.02 Å². The molecule has 6 N–H and O–H groups in total. The largest absolute Gasteiger partial charge is 0.369 e. The Labute approximate surface area is 95.6 Å². The molecule has 0 radical (unpaired) electrons. The Balaban J connectivity index is 0.000000487. The normalized spacial score (nSPS) is 10.0. The van der Waals surface area contributed by atoms with Crippen molar-refractivity contribution < 1.29 is 10.3 Å². The van der Waals surface area contributed by atoms with Gasteiger partial charge in [-0.3, -0.25) is 5.43 Å². The summed E-state index contributed by atoms with van der Waals surface area (Å²) in [6.45, 7) is 0. The minimum atomic E-state index is -1.50. The summed E-state index contributed by atoms with van der Waals surface area (Å²) in [5, 5.41) is 14.2. The van der Waals surface area contributed by atoms with Crippen molar-refractivity contribution >= 4 is 23.2 Å². The molecule has 0 spiro atoms. The zero-order chi connectivity index (χ0) is 12.6. The van der Waals surface area contributed by atoms with E-state index in [1.54, 1.807) is 12.1 Å². The van der Waals surface area contributed by atoms with Crippen LogP contribution in [-0.2, 0) is 0 Å². The van der Waals surface area contributed by atoms with Crippen LogP contribution >= 0.6 is 11.6 Å². The lowest BCUT2D eigenvalue weighted by atomic mass is 10.3. The lowest BCUT2D eigenvalue weighted by molar-refractivity contribution is -0.742. The quantitative estimate of drug-likeness (QED) is 0.186. The number of hydrogen-bond donors (Lipinski definition) is 4. The van der Waals surface area contributed by atoms with Crippen LogP contribution in [-0.4, -0.2) is 16.3 Å². The average molecular weight is 248 g/mol. The minimum absolute atomic E-state index is 0.128. The molecule has 0 saturated heterocycles. The molecule has 16 heavy (non-hydrogen) atoms. The number of nitrogens with two attached hydrogens (primary N) is 2. The van der Waals surface area contributed by atoms with Crippen LogP contribution in [0.15, 0.2) is 29.3 Å². The lowest BCUT2D eigenvalue weighted by Gasteiger charge is -1.99. The summed E-state index contributed by atoms with van der Waals surface area (Å²) in [4.78, 5) is 12.3. The lowest BCUT2D eigenvalue weighted by Crippen LogP contribution is -2.36. The second-order valence-electron chi connectivity index (χ2n) is 2.33. The van der Waals surface area contributed by atoms with Gasteiger partial charge in [-0.25, -0.2) is 10.8 Å². The number of benzene rings is 1. The highest BCUT2D eigenvalue weighted by atomic mass is 35.5. The van der Waals surface area contributed by atoms with E-state index in [2.05, 4.69) is 10.4 Å². The molecule has 88 valence electrons. The van der Waals surface area contributed by atoms with E-state index in [0.29, 0.717) is 10.7 Å². The van der Waals surface area contributed by atoms with Crippen molar-refractivity contribution in [3.63, 3.8) is 0 Å². The number of halogens is 1. The van der Waals surface area contributed by atoms with Crippen LogP contribution < -0.4 is 17.0 Å². The summed E-state index contributed by atoms with van der Waals surface area (Å²) in [5.41, 5.74) is 8.13. The molecule has 0 aliphatic rings. The third kappa shape index (κ3) is 6.40. The molecule has 0 saturated carbocycles. The van der Waals surface area contributed by atoms with Gasteiger partial charge in [0.15, 0.2) is 0 Å². The molecule has 0 aromatic heterocycles. The van der Waals surface area contributed by atoms with Gasteiger partial charge in [0.2, 0.25) is 5.96 Å². The molecule has 0 atom stereocenters. The highest BCUT2D eigenvalue weighted by Crippen LogP contribution is 2.22. The highest BCUT2D eigenvalue weighted by molar-refractivity contribution is 6.33. The van der Waals surface area contributed by atoms with Crippen molar-refractivity contribution in [3.05, 3.63) is 39.4 Å². The van der Waals surface area contributed by atoms with Gasteiger partial charge < -0.3 is 10.9 Å². The van der Waals surface area contributed by atoms with Gasteiger partial charge in [-0.2, -0.15) is 0 Å². The maximum atomic E-state index is 8.36. The van der Waals surface area contributed by atoms with Crippen LogP contribution in [0.25, 0.3) is 0 Å². The van der Waals surface area contributed by atoms with Gasteiger partial charge in [-0.15, -0.1) is 10.1 Å². The van der Waals surface area contributed by atoms with E-state index >= 15 is 0 Å². The SMILES string of the molecule is NNC(N)=Nc1ccccc1Cl.O=[N+]([O-])O. The molecule has 0 aliphatic carbocycles. The molecule has 1 aromatic rings. The first-order valence-corrected chi connectivity index (χ1v) is 4.23. The first-order chi connectivity index (χ1) is 7.47.